The number of halogens is 4. The molecule has 0 aromatic heterocycles. The van der Waals surface area contributed by atoms with Crippen LogP contribution in [0.25, 0.3) is 0 Å². The topological polar surface area (TPSA) is 2.70 Å². The van der Waals surface area contributed by atoms with Crippen molar-refractivity contribution in [3.05, 3.63) is 35.9 Å². The van der Waals surface area contributed by atoms with E-state index in [0.717, 1.165) is 6.61 Å². The molecule has 0 radical (unpaired) electrons. The van der Waals surface area contributed by atoms with E-state index in [1.54, 1.807) is 0 Å². The number of benzene rings is 1. The summed E-state index contributed by atoms with van der Waals surface area (Å²) in [4.78, 5) is 0. The third kappa shape index (κ3) is 13.0. The van der Waals surface area contributed by atoms with Gasteiger partial charge in [0, 0.05) is 5.56 Å². The molecular weight excluding hydrogens is 211 g/mol. The average molecular weight is 224 g/mol. The molecule has 0 spiro atoms. The molecule has 0 bridgehead atoms. The van der Waals surface area contributed by atoms with E-state index in [4.69, 9.17) is 0 Å². The Morgan fingerprint density at radius 3 is 1.73 bits per heavy atom. The maximum absolute atomic E-state index is 9.75. The monoisotopic (exact) mass is 224 g/mol. The standard InChI is InChI=1S/C9H13O.BF4/c1-10(2)8-9-6-4-3-5-7-9;2-1(3,4)5/h3-7H,8H2,1-2H3;/q+1;-1. The molecule has 0 heterocycles. The Labute approximate surface area is 86.5 Å². The van der Waals surface area contributed by atoms with Crippen LogP contribution in [0.3, 0.4) is 0 Å². The van der Waals surface area contributed by atoms with E-state index in [1.807, 2.05) is 20.3 Å². The molecule has 0 saturated heterocycles. The van der Waals surface area contributed by atoms with E-state index in [9.17, 15) is 17.3 Å². The fourth-order valence-electron chi connectivity index (χ4n) is 0.908. The van der Waals surface area contributed by atoms with Crippen LogP contribution < -0.4 is 0 Å². The Kier molecular flexibility index (Phi) is 6.00. The van der Waals surface area contributed by atoms with Crippen LogP contribution in [0.2, 0.25) is 0 Å². The van der Waals surface area contributed by atoms with Crippen LogP contribution >= 0.6 is 0 Å². The molecule has 0 aliphatic heterocycles. The summed E-state index contributed by atoms with van der Waals surface area (Å²) in [5.74, 6) is 0. The molecule has 0 N–H and O–H groups in total. The lowest BCUT2D eigenvalue weighted by Crippen LogP contribution is -2.02. The lowest BCUT2D eigenvalue weighted by Gasteiger charge is -2.05. The van der Waals surface area contributed by atoms with E-state index < -0.39 is 7.25 Å². The second-order valence-electron chi connectivity index (χ2n) is 3.11. The summed E-state index contributed by atoms with van der Waals surface area (Å²) in [6.07, 6.45) is 0. The summed E-state index contributed by atoms with van der Waals surface area (Å²) in [6, 6.07) is 10.4. The first-order valence-electron chi connectivity index (χ1n) is 4.24. The van der Waals surface area contributed by atoms with Gasteiger partial charge in [-0.2, -0.15) is 0 Å². The van der Waals surface area contributed by atoms with E-state index in [2.05, 4.69) is 28.6 Å². The Balaban J connectivity index is 0.000000336. The van der Waals surface area contributed by atoms with Crippen LogP contribution in [0.5, 0.6) is 0 Å². The van der Waals surface area contributed by atoms with Gasteiger partial charge in [-0.05, 0) is 0 Å². The Morgan fingerprint density at radius 2 is 1.40 bits per heavy atom. The zero-order valence-electron chi connectivity index (χ0n) is 8.59. The van der Waals surface area contributed by atoms with Crippen molar-refractivity contribution < 1.29 is 21.6 Å². The normalized spacial score (nSPS) is 10.9. The van der Waals surface area contributed by atoms with Crippen LogP contribution in [0.15, 0.2) is 30.3 Å². The van der Waals surface area contributed by atoms with Crippen LogP contribution in [-0.4, -0.2) is 21.5 Å². The zero-order valence-corrected chi connectivity index (χ0v) is 8.59. The molecule has 0 atom stereocenters. The Bertz CT molecular complexity index is 255. The molecule has 1 aromatic rings. The van der Waals surface area contributed by atoms with Gasteiger partial charge in [-0.15, -0.1) is 0 Å². The number of rotatable bonds is 2. The summed E-state index contributed by atoms with van der Waals surface area (Å²) in [6.45, 7) is 0.945. The molecular formula is C9H13BF4O. The summed E-state index contributed by atoms with van der Waals surface area (Å²) in [5.41, 5.74) is 1.33. The third-order valence-electron chi connectivity index (χ3n) is 1.30. The van der Waals surface area contributed by atoms with Gasteiger partial charge in [-0.3, -0.25) is 0 Å². The maximum atomic E-state index is 9.75. The van der Waals surface area contributed by atoms with Crippen LogP contribution in [0, 0.1) is 0 Å². The van der Waals surface area contributed by atoms with Gasteiger partial charge in [0.15, 0.2) is 6.61 Å². The van der Waals surface area contributed by atoms with Crippen molar-refractivity contribution >= 4 is 7.25 Å². The molecule has 0 unspecified atom stereocenters. The van der Waals surface area contributed by atoms with Crippen molar-refractivity contribution in [2.24, 2.45) is 0 Å². The van der Waals surface area contributed by atoms with Crippen molar-refractivity contribution in [1.29, 1.82) is 0 Å². The highest BCUT2D eigenvalue weighted by Gasteiger charge is 2.20. The van der Waals surface area contributed by atoms with Gasteiger partial charge in [0.25, 0.3) is 0 Å². The predicted octanol–water partition coefficient (Wildman–Crippen LogP) is 3.30. The molecule has 0 aliphatic carbocycles. The van der Waals surface area contributed by atoms with Gasteiger partial charge in [0.2, 0.25) is 0 Å². The maximum Gasteiger partial charge on any atom is 0.673 e. The molecule has 1 nitrogen and oxygen atoms in total. The van der Waals surface area contributed by atoms with Crippen molar-refractivity contribution in [2.75, 3.05) is 14.2 Å². The third-order valence-corrected chi connectivity index (χ3v) is 1.30. The minimum absolute atomic E-state index is 0.945. The number of hydrogen-bond donors (Lipinski definition) is 0. The van der Waals surface area contributed by atoms with E-state index in [-0.39, 0.29) is 0 Å². The molecule has 86 valence electrons. The predicted molar refractivity (Wildman–Crippen MR) is 53.3 cm³/mol. The van der Waals surface area contributed by atoms with Crippen molar-refractivity contribution in [3.63, 3.8) is 0 Å². The highest BCUT2D eigenvalue weighted by Crippen LogP contribution is 2.06. The van der Waals surface area contributed by atoms with Gasteiger partial charge in [0.1, 0.15) is 14.2 Å². The molecule has 0 aliphatic rings. The van der Waals surface area contributed by atoms with Crippen molar-refractivity contribution in [3.8, 4) is 0 Å². The Morgan fingerprint density at radius 1 is 1.00 bits per heavy atom. The van der Waals surface area contributed by atoms with Crippen LogP contribution in [0.4, 0.5) is 17.3 Å². The molecule has 6 heteroatoms. The highest BCUT2D eigenvalue weighted by atomic mass is 19.5. The first kappa shape index (κ1) is 14.0. The van der Waals surface area contributed by atoms with Gasteiger partial charge in [-0.1, -0.05) is 30.3 Å². The second-order valence-corrected chi connectivity index (χ2v) is 3.11. The van der Waals surface area contributed by atoms with Crippen LogP contribution in [0.1, 0.15) is 5.56 Å². The van der Waals surface area contributed by atoms with E-state index in [0.29, 0.717) is 0 Å². The molecule has 1 rings (SSSR count). The SMILES string of the molecule is C[O+](C)Cc1ccccc1.F[B-](F)(F)F. The summed E-state index contributed by atoms with van der Waals surface area (Å²) in [7, 11) is -2.01. The summed E-state index contributed by atoms with van der Waals surface area (Å²) in [5, 5.41) is 0. The van der Waals surface area contributed by atoms with Gasteiger partial charge in [0.05, 0.1) is 0 Å². The molecule has 0 saturated carbocycles. The smallest absolute Gasteiger partial charge is 0.423 e. The van der Waals surface area contributed by atoms with Gasteiger partial charge >= 0.3 is 7.25 Å². The molecule has 0 fully saturated rings. The van der Waals surface area contributed by atoms with Crippen molar-refractivity contribution in [2.45, 2.75) is 6.61 Å². The minimum Gasteiger partial charge on any atom is -0.423 e. The fraction of sp³-hybridized carbons (Fsp3) is 0.333. The Hall–Kier alpha value is -1.04. The number of hydrogen-bond acceptors (Lipinski definition) is 0. The summed E-state index contributed by atoms with van der Waals surface area (Å²) < 4.78 is 41.9. The van der Waals surface area contributed by atoms with E-state index in [1.165, 1.54) is 5.56 Å². The van der Waals surface area contributed by atoms with Crippen LogP contribution in [-0.2, 0) is 11.0 Å². The molecule has 15 heavy (non-hydrogen) atoms. The average Bonchev–Trinajstić information content (AvgIpc) is 2.01. The van der Waals surface area contributed by atoms with Gasteiger partial charge < -0.3 is 21.6 Å². The fourth-order valence-corrected chi connectivity index (χ4v) is 0.908. The minimum atomic E-state index is -6.00. The largest absolute Gasteiger partial charge is 0.673 e. The van der Waals surface area contributed by atoms with Gasteiger partial charge in [-0.25, -0.2) is 0 Å². The lowest BCUT2D eigenvalue weighted by molar-refractivity contribution is -0.0690. The second kappa shape index (κ2) is 6.45. The lowest BCUT2D eigenvalue weighted by atomic mass is 10.2. The first-order valence-corrected chi connectivity index (χ1v) is 4.24. The molecule has 0 amide bonds. The van der Waals surface area contributed by atoms with E-state index >= 15 is 0 Å². The zero-order chi connectivity index (χ0) is 11.9. The molecule has 1 aromatic carbocycles. The quantitative estimate of drug-likeness (QED) is 0.411. The first-order chi connectivity index (χ1) is 6.79. The highest BCUT2D eigenvalue weighted by molar-refractivity contribution is 6.50. The summed E-state index contributed by atoms with van der Waals surface area (Å²) >= 11 is 0. The van der Waals surface area contributed by atoms with Crippen molar-refractivity contribution in [1.82, 2.24) is 0 Å².